The first-order valence-corrected chi connectivity index (χ1v) is 12.1. The van der Waals surface area contributed by atoms with Crippen LogP contribution in [0.5, 0.6) is 0 Å². The van der Waals surface area contributed by atoms with Gasteiger partial charge in [-0.05, 0) is 31.5 Å². The van der Waals surface area contributed by atoms with E-state index in [0.717, 1.165) is 29.1 Å². The van der Waals surface area contributed by atoms with Crippen LogP contribution < -0.4 is 5.32 Å². The van der Waals surface area contributed by atoms with Gasteiger partial charge in [0.15, 0.2) is 0 Å². The predicted octanol–water partition coefficient (Wildman–Crippen LogP) is 6.02. The molecule has 0 unspecified atom stereocenters. The summed E-state index contributed by atoms with van der Waals surface area (Å²) in [6.07, 6.45) is -0.474. The second-order valence-electron chi connectivity index (χ2n) is 6.84. The van der Waals surface area contributed by atoms with E-state index < -0.39 is 6.43 Å². The number of likely N-dealkylation sites (N-methyl/N-ethyl adjacent to an activating group) is 1. The Labute approximate surface area is 188 Å². The van der Waals surface area contributed by atoms with Gasteiger partial charge >= 0.3 is 0 Å². The molecule has 2 atom stereocenters. The largest absolute Gasteiger partial charge is 0.317 e. The summed E-state index contributed by atoms with van der Waals surface area (Å²) >= 11 is 5.37. The zero-order chi connectivity index (χ0) is 20.9. The third-order valence-electron chi connectivity index (χ3n) is 5.06. The number of amides is 1. The Kier molecular flexibility index (Phi) is 5.88. The quantitative estimate of drug-likeness (QED) is 0.246. The van der Waals surface area contributed by atoms with Crippen LogP contribution >= 0.6 is 45.3 Å². The molecule has 3 aromatic rings. The average Bonchev–Trinajstić information content (AvgIpc) is 3.22. The summed E-state index contributed by atoms with van der Waals surface area (Å²) in [7, 11) is 0. The lowest BCUT2D eigenvalue weighted by Crippen LogP contribution is -2.38. The number of hydrogen-bond donors (Lipinski definition) is 1. The van der Waals surface area contributed by atoms with Crippen molar-refractivity contribution in [3.8, 4) is 10.6 Å². The molecule has 0 aliphatic carbocycles. The first-order chi connectivity index (χ1) is 13.8. The summed E-state index contributed by atoms with van der Waals surface area (Å²) in [4.78, 5) is 23.8. The van der Waals surface area contributed by atoms with Crippen molar-refractivity contribution < 1.29 is 13.6 Å². The van der Waals surface area contributed by atoms with Crippen LogP contribution in [0.25, 0.3) is 20.8 Å². The number of fused-ring (bicyclic) bond motifs is 2. The van der Waals surface area contributed by atoms with Crippen molar-refractivity contribution in [3.05, 3.63) is 28.4 Å². The first-order valence-electron chi connectivity index (χ1n) is 9.18. The summed E-state index contributed by atoms with van der Waals surface area (Å²) in [6, 6.07) is 1.92. The number of pyridine rings is 1. The topological polar surface area (TPSA) is 58.1 Å². The van der Waals surface area contributed by atoms with Crippen LogP contribution in [-0.2, 0) is 11.2 Å². The predicted molar refractivity (Wildman–Crippen MR) is 122 cm³/mol. The Bertz CT molecular complexity index is 1080. The third kappa shape index (κ3) is 3.68. The maximum atomic E-state index is 13.4. The Balaban J connectivity index is 1.93. The van der Waals surface area contributed by atoms with Crippen LogP contribution in [0.4, 0.5) is 13.8 Å². The number of nitrogens with one attached hydrogen (secondary N) is 1. The van der Waals surface area contributed by atoms with Crippen molar-refractivity contribution in [2.24, 2.45) is 0 Å². The maximum absolute atomic E-state index is 13.4. The number of rotatable bonds is 4. The highest BCUT2D eigenvalue weighted by molar-refractivity contribution is 14.1. The van der Waals surface area contributed by atoms with Crippen molar-refractivity contribution in [2.75, 3.05) is 11.9 Å². The molecule has 10 heteroatoms. The van der Waals surface area contributed by atoms with Crippen LogP contribution in [0.3, 0.4) is 0 Å². The zero-order valence-electron chi connectivity index (χ0n) is 16.0. The van der Waals surface area contributed by atoms with Gasteiger partial charge in [0.05, 0.1) is 8.75 Å². The highest BCUT2D eigenvalue weighted by Crippen LogP contribution is 2.50. The molecule has 0 saturated carbocycles. The molecule has 154 valence electrons. The Morgan fingerprint density at radius 3 is 2.86 bits per heavy atom. The van der Waals surface area contributed by atoms with E-state index in [0.29, 0.717) is 13.8 Å². The van der Waals surface area contributed by atoms with Gasteiger partial charge in [0.2, 0.25) is 5.91 Å². The fourth-order valence-corrected chi connectivity index (χ4v) is 7.57. The lowest BCUT2D eigenvalue weighted by atomic mass is 9.98. The monoisotopic (exact) mass is 548 g/mol. The molecule has 29 heavy (non-hydrogen) atoms. The third-order valence-corrected chi connectivity index (χ3v) is 8.57. The molecule has 1 aliphatic rings. The SMILES string of the molecule is CCN1[C@H](I)Cc2c(sc(NC(C)=O)c2-c2nc3c(C(F)F)nccc3s2)[C@H]1C. The highest BCUT2D eigenvalue weighted by Gasteiger charge is 2.35. The van der Waals surface area contributed by atoms with E-state index in [1.807, 2.05) is 0 Å². The van der Waals surface area contributed by atoms with E-state index in [9.17, 15) is 13.6 Å². The number of alkyl halides is 3. The molecule has 0 aromatic carbocycles. The molecular weight excluding hydrogens is 529 g/mol. The molecule has 0 fully saturated rings. The van der Waals surface area contributed by atoms with Gasteiger partial charge in [-0.2, -0.15) is 0 Å². The fourth-order valence-electron chi connectivity index (χ4n) is 3.79. The standard InChI is InChI=1S/C19H19F2IN4OS2/c1-4-26-8(2)16-10(7-12(26)22)13(18(29-16)24-9(3)27)19-25-14-11(28-19)5-6-23-15(14)17(20)21/h5-6,8,12,17H,4,7H2,1-3H3,(H,24,27)/t8-,12+/m1/s1. The van der Waals surface area contributed by atoms with Gasteiger partial charge < -0.3 is 5.32 Å². The Hall–Kier alpha value is -1.24. The van der Waals surface area contributed by atoms with Crippen LogP contribution in [-0.4, -0.2) is 31.4 Å². The number of carbonyl (C=O) groups is 1. The molecule has 1 aliphatic heterocycles. The van der Waals surface area contributed by atoms with Crippen LogP contribution in [0, 0.1) is 0 Å². The first kappa shape index (κ1) is 21.0. The lowest BCUT2D eigenvalue weighted by Gasteiger charge is -2.37. The molecule has 1 N–H and O–H groups in total. The molecular formula is C19H19F2IN4OS2. The van der Waals surface area contributed by atoms with Gasteiger partial charge in [-0.3, -0.25) is 14.7 Å². The van der Waals surface area contributed by atoms with Gasteiger partial charge in [-0.25, -0.2) is 13.8 Å². The minimum absolute atomic E-state index is 0.160. The average molecular weight is 548 g/mol. The number of thiazole rings is 1. The van der Waals surface area contributed by atoms with E-state index in [-0.39, 0.29) is 23.2 Å². The highest BCUT2D eigenvalue weighted by atomic mass is 127. The van der Waals surface area contributed by atoms with Crippen molar-refractivity contribution >= 4 is 66.4 Å². The van der Waals surface area contributed by atoms with Gasteiger partial charge in [-0.1, -0.05) is 29.5 Å². The Morgan fingerprint density at radius 2 is 2.21 bits per heavy atom. The van der Waals surface area contributed by atoms with E-state index >= 15 is 0 Å². The number of nitrogens with zero attached hydrogens (tertiary/aromatic N) is 3. The number of anilines is 1. The molecule has 0 spiro atoms. The normalized spacial score (nSPS) is 19.7. The van der Waals surface area contributed by atoms with Crippen molar-refractivity contribution in [2.45, 2.75) is 43.7 Å². The van der Waals surface area contributed by atoms with E-state index in [1.54, 1.807) is 17.4 Å². The number of halogens is 3. The maximum Gasteiger partial charge on any atom is 0.282 e. The van der Waals surface area contributed by atoms with Gasteiger partial charge in [-0.15, -0.1) is 22.7 Å². The van der Waals surface area contributed by atoms with Crippen LogP contribution in [0.1, 0.15) is 49.4 Å². The minimum Gasteiger partial charge on any atom is -0.317 e. The van der Waals surface area contributed by atoms with E-state index in [1.165, 1.54) is 29.3 Å². The number of carbonyl (C=O) groups excluding carboxylic acids is 1. The van der Waals surface area contributed by atoms with Gasteiger partial charge in [0, 0.05) is 29.6 Å². The summed E-state index contributed by atoms with van der Waals surface area (Å²) in [6.45, 7) is 6.72. The second-order valence-corrected chi connectivity index (χ2v) is 10.4. The Morgan fingerprint density at radius 1 is 1.45 bits per heavy atom. The molecule has 0 saturated heterocycles. The molecule has 4 rings (SSSR count). The molecule has 0 radical (unpaired) electrons. The molecule has 5 nitrogen and oxygen atoms in total. The van der Waals surface area contributed by atoms with Gasteiger partial charge in [0.25, 0.3) is 6.43 Å². The molecule has 3 aromatic heterocycles. The van der Waals surface area contributed by atoms with Crippen molar-refractivity contribution in [1.82, 2.24) is 14.9 Å². The zero-order valence-corrected chi connectivity index (χ0v) is 19.8. The van der Waals surface area contributed by atoms with Crippen molar-refractivity contribution in [1.29, 1.82) is 0 Å². The lowest BCUT2D eigenvalue weighted by molar-refractivity contribution is -0.114. The summed E-state index contributed by atoms with van der Waals surface area (Å²) in [5, 5.41) is 4.33. The van der Waals surface area contributed by atoms with E-state index in [4.69, 9.17) is 0 Å². The molecule has 4 heterocycles. The molecule has 0 bridgehead atoms. The van der Waals surface area contributed by atoms with Crippen LogP contribution in [0.2, 0.25) is 0 Å². The summed E-state index contributed by atoms with van der Waals surface area (Å²) < 4.78 is 27.8. The fraction of sp³-hybridized carbons (Fsp3) is 0.421. The smallest absolute Gasteiger partial charge is 0.282 e. The molecule has 1 amide bonds. The van der Waals surface area contributed by atoms with Gasteiger partial charge in [0.1, 0.15) is 21.2 Å². The van der Waals surface area contributed by atoms with Crippen LogP contribution in [0.15, 0.2) is 12.3 Å². The number of aromatic nitrogens is 2. The van der Waals surface area contributed by atoms with E-state index in [2.05, 4.69) is 56.6 Å². The summed E-state index contributed by atoms with van der Waals surface area (Å²) in [5.74, 6) is -0.160. The second kappa shape index (κ2) is 8.12. The van der Waals surface area contributed by atoms with Crippen molar-refractivity contribution in [3.63, 3.8) is 0 Å². The number of hydrogen-bond acceptors (Lipinski definition) is 6. The minimum atomic E-state index is -2.68. The summed E-state index contributed by atoms with van der Waals surface area (Å²) in [5.41, 5.74) is 1.96. The number of thiophene rings is 1.